The standard InChI is InChI=1S/C20H17ClFN3O3/c1-28-18-7-6-13(21)9-17(18)25-11-12(8-19(25)26)20(27)24-16(10-23)14-4-2-3-5-15(14)22/h2-7,9,12,16H,8,11H2,1H3,(H,24,27). The first-order valence-electron chi connectivity index (χ1n) is 8.53. The molecule has 0 bridgehead atoms. The lowest BCUT2D eigenvalue weighted by molar-refractivity contribution is -0.126. The van der Waals surface area contributed by atoms with Crippen LogP contribution in [0.2, 0.25) is 5.02 Å². The highest BCUT2D eigenvalue weighted by Crippen LogP contribution is 2.35. The van der Waals surface area contributed by atoms with E-state index < -0.39 is 23.7 Å². The zero-order chi connectivity index (χ0) is 20.3. The molecule has 1 aliphatic rings. The number of hydrogen-bond donors (Lipinski definition) is 1. The van der Waals surface area contributed by atoms with Crippen molar-refractivity contribution in [2.75, 3.05) is 18.6 Å². The number of amides is 2. The second-order valence-corrected chi connectivity index (χ2v) is 6.75. The first-order valence-corrected chi connectivity index (χ1v) is 8.90. The molecule has 2 unspecified atom stereocenters. The number of carbonyl (C=O) groups is 2. The van der Waals surface area contributed by atoms with Crippen LogP contribution in [0.5, 0.6) is 5.75 Å². The molecule has 2 amide bonds. The van der Waals surface area contributed by atoms with Crippen LogP contribution in [0.25, 0.3) is 0 Å². The summed E-state index contributed by atoms with van der Waals surface area (Å²) in [6.07, 6.45) is -0.0308. The molecule has 6 nitrogen and oxygen atoms in total. The highest BCUT2D eigenvalue weighted by atomic mass is 35.5. The maximum absolute atomic E-state index is 13.9. The molecule has 1 fully saturated rings. The topological polar surface area (TPSA) is 82.4 Å². The molecule has 144 valence electrons. The third kappa shape index (κ3) is 3.92. The highest BCUT2D eigenvalue weighted by Gasteiger charge is 2.37. The summed E-state index contributed by atoms with van der Waals surface area (Å²) in [5.41, 5.74) is 0.553. The molecular formula is C20H17ClFN3O3. The summed E-state index contributed by atoms with van der Waals surface area (Å²) in [5, 5.41) is 12.3. The van der Waals surface area contributed by atoms with Gasteiger partial charge < -0.3 is 15.0 Å². The van der Waals surface area contributed by atoms with Crippen LogP contribution in [0.1, 0.15) is 18.0 Å². The van der Waals surface area contributed by atoms with Crippen LogP contribution in [0.4, 0.5) is 10.1 Å². The Morgan fingerprint density at radius 2 is 2.14 bits per heavy atom. The number of methoxy groups -OCH3 is 1. The Balaban J connectivity index is 1.76. The van der Waals surface area contributed by atoms with Crippen molar-refractivity contribution in [2.24, 2.45) is 5.92 Å². The Kier molecular flexibility index (Phi) is 5.81. The van der Waals surface area contributed by atoms with Crippen LogP contribution < -0.4 is 15.0 Å². The maximum Gasteiger partial charge on any atom is 0.227 e. The fourth-order valence-corrected chi connectivity index (χ4v) is 3.31. The van der Waals surface area contributed by atoms with Crippen LogP contribution in [0.3, 0.4) is 0 Å². The predicted octanol–water partition coefficient (Wildman–Crippen LogP) is 3.22. The smallest absolute Gasteiger partial charge is 0.227 e. The molecule has 2 atom stereocenters. The second kappa shape index (κ2) is 8.28. The zero-order valence-electron chi connectivity index (χ0n) is 15.0. The molecule has 1 aliphatic heterocycles. The molecule has 1 N–H and O–H groups in total. The molecule has 2 aromatic rings. The number of nitriles is 1. The van der Waals surface area contributed by atoms with Gasteiger partial charge >= 0.3 is 0 Å². The molecule has 2 aromatic carbocycles. The first kappa shape index (κ1) is 19.6. The SMILES string of the molecule is COc1ccc(Cl)cc1N1CC(C(=O)NC(C#N)c2ccccc2F)CC1=O. The molecule has 1 saturated heterocycles. The van der Waals surface area contributed by atoms with Crippen molar-refractivity contribution in [1.29, 1.82) is 5.26 Å². The van der Waals surface area contributed by atoms with E-state index in [1.807, 2.05) is 6.07 Å². The van der Waals surface area contributed by atoms with Crippen molar-refractivity contribution in [3.8, 4) is 11.8 Å². The molecule has 28 heavy (non-hydrogen) atoms. The zero-order valence-corrected chi connectivity index (χ0v) is 15.7. The van der Waals surface area contributed by atoms with E-state index in [4.69, 9.17) is 16.3 Å². The summed E-state index contributed by atoms with van der Waals surface area (Å²) in [4.78, 5) is 26.5. The Labute approximate surface area is 166 Å². The number of hydrogen-bond acceptors (Lipinski definition) is 4. The molecule has 0 radical (unpaired) electrons. The first-order chi connectivity index (χ1) is 13.4. The van der Waals surface area contributed by atoms with Crippen molar-refractivity contribution in [3.63, 3.8) is 0 Å². The number of carbonyl (C=O) groups excluding carboxylic acids is 2. The molecule has 0 spiro atoms. The lowest BCUT2D eigenvalue weighted by Gasteiger charge is -2.20. The molecule has 8 heteroatoms. The molecular weight excluding hydrogens is 385 g/mol. The maximum atomic E-state index is 13.9. The monoisotopic (exact) mass is 401 g/mol. The molecule has 0 aliphatic carbocycles. The Morgan fingerprint density at radius 3 is 2.82 bits per heavy atom. The van der Waals surface area contributed by atoms with Crippen molar-refractivity contribution in [3.05, 3.63) is 58.9 Å². The van der Waals surface area contributed by atoms with Gasteiger partial charge in [0.25, 0.3) is 0 Å². The lowest BCUT2D eigenvalue weighted by atomic mass is 10.0. The van der Waals surface area contributed by atoms with Gasteiger partial charge in [0.1, 0.15) is 17.6 Å². The van der Waals surface area contributed by atoms with Gasteiger partial charge in [-0.1, -0.05) is 29.8 Å². The molecule has 3 rings (SSSR count). The quantitative estimate of drug-likeness (QED) is 0.833. The van der Waals surface area contributed by atoms with Gasteiger partial charge in [0.15, 0.2) is 0 Å². The van der Waals surface area contributed by atoms with E-state index in [0.29, 0.717) is 16.5 Å². The van der Waals surface area contributed by atoms with Crippen LogP contribution in [-0.2, 0) is 9.59 Å². The summed E-state index contributed by atoms with van der Waals surface area (Å²) < 4.78 is 19.2. The van der Waals surface area contributed by atoms with E-state index >= 15 is 0 Å². The van der Waals surface area contributed by atoms with E-state index in [2.05, 4.69) is 5.32 Å². The number of halogens is 2. The third-order valence-electron chi connectivity index (χ3n) is 4.56. The minimum Gasteiger partial charge on any atom is -0.495 e. The van der Waals surface area contributed by atoms with Crippen LogP contribution in [0, 0.1) is 23.1 Å². The number of anilines is 1. The Bertz CT molecular complexity index is 960. The average molecular weight is 402 g/mol. The van der Waals surface area contributed by atoms with Gasteiger partial charge in [-0.25, -0.2) is 4.39 Å². The summed E-state index contributed by atoms with van der Waals surface area (Å²) in [6.45, 7) is 0.108. The van der Waals surface area contributed by atoms with Crippen molar-refractivity contribution >= 4 is 29.1 Å². The highest BCUT2D eigenvalue weighted by molar-refractivity contribution is 6.31. The number of nitrogens with one attached hydrogen (secondary N) is 1. The van der Waals surface area contributed by atoms with Gasteiger partial charge in [0.05, 0.1) is 24.8 Å². The van der Waals surface area contributed by atoms with Gasteiger partial charge in [0.2, 0.25) is 11.8 Å². The molecule has 1 heterocycles. The summed E-state index contributed by atoms with van der Waals surface area (Å²) >= 11 is 6.02. The van der Waals surface area contributed by atoms with Crippen LogP contribution >= 0.6 is 11.6 Å². The fraction of sp³-hybridized carbons (Fsp3) is 0.250. The summed E-state index contributed by atoms with van der Waals surface area (Å²) in [7, 11) is 1.48. The second-order valence-electron chi connectivity index (χ2n) is 6.31. The number of benzene rings is 2. The minimum atomic E-state index is -1.14. The van der Waals surface area contributed by atoms with Gasteiger partial charge in [-0.05, 0) is 24.3 Å². The Hall–Kier alpha value is -3.11. The van der Waals surface area contributed by atoms with E-state index in [0.717, 1.165) is 0 Å². The summed E-state index contributed by atoms with van der Waals surface area (Å²) in [5.74, 6) is -1.56. The van der Waals surface area contributed by atoms with Crippen molar-refractivity contribution < 1.29 is 18.7 Å². The minimum absolute atomic E-state index is 0.0308. The van der Waals surface area contributed by atoms with E-state index in [-0.39, 0.29) is 24.4 Å². The summed E-state index contributed by atoms with van der Waals surface area (Å²) in [6, 6.07) is 11.4. The normalized spacial score (nSPS) is 17.1. The molecule has 0 saturated carbocycles. The lowest BCUT2D eigenvalue weighted by Crippen LogP contribution is -2.35. The number of ether oxygens (including phenoxy) is 1. The number of nitrogens with zero attached hydrogens (tertiary/aromatic N) is 2. The van der Waals surface area contributed by atoms with Crippen molar-refractivity contribution in [1.82, 2.24) is 5.32 Å². The van der Waals surface area contributed by atoms with Gasteiger partial charge in [0, 0.05) is 23.6 Å². The van der Waals surface area contributed by atoms with Gasteiger partial charge in [-0.15, -0.1) is 0 Å². The number of rotatable bonds is 5. The predicted molar refractivity (Wildman–Crippen MR) is 101 cm³/mol. The molecule has 0 aromatic heterocycles. The largest absolute Gasteiger partial charge is 0.495 e. The average Bonchev–Trinajstić information content (AvgIpc) is 3.08. The van der Waals surface area contributed by atoms with Crippen LogP contribution in [-0.4, -0.2) is 25.5 Å². The Morgan fingerprint density at radius 1 is 1.39 bits per heavy atom. The van der Waals surface area contributed by atoms with E-state index in [1.54, 1.807) is 24.3 Å². The van der Waals surface area contributed by atoms with E-state index in [1.165, 1.54) is 30.2 Å². The van der Waals surface area contributed by atoms with Crippen molar-refractivity contribution in [2.45, 2.75) is 12.5 Å². The van der Waals surface area contributed by atoms with E-state index in [9.17, 15) is 19.2 Å². The fourth-order valence-electron chi connectivity index (χ4n) is 3.14. The third-order valence-corrected chi connectivity index (χ3v) is 4.79. The van der Waals surface area contributed by atoms with Crippen LogP contribution in [0.15, 0.2) is 42.5 Å². The van der Waals surface area contributed by atoms with Gasteiger partial charge in [-0.2, -0.15) is 5.26 Å². The van der Waals surface area contributed by atoms with Gasteiger partial charge in [-0.3, -0.25) is 9.59 Å².